The highest BCUT2D eigenvalue weighted by Gasteiger charge is 2.29. The van der Waals surface area contributed by atoms with Gasteiger partial charge < -0.3 is 10.4 Å². The number of rotatable bonds is 5. The molecule has 0 aromatic heterocycles. The van der Waals surface area contributed by atoms with E-state index in [1.807, 2.05) is 18.2 Å². The van der Waals surface area contributed by atoms with Crippen LogP contribution < -0.4 is 5.32 Å². The summed E-state index contributed by atoms with van der Waals surface area (Å²) in [6.45, 7) is 0.860. The number of hydrogen-bond donors (Lipinski definition) is 2. The second kappa shape index (κ2) is 6.55. The third kappa shape index (κ3) is 3.57. The minimum atomic E-state index is -0.646. The van der Waals surface area contributed by atoms with Gasteiger partial charge in [-0.1, -0.05) is 43.2 Å². The number of carboxylic acids is 1. The van der Waals surface area contributed by atoms with Crippen molar-refractivity contribution in [1.82, 2.24) is 5.32 Å². The Morgan fingerprint density at radius 2 is 1.94 bits per heavy atom. The fourth-order valence-electron chi connectivity index (χ4n) is 2.72. The van der Waals surface area contributed by atoms with Crippen molar-refractivity contribution in [3.05, 3.63) is 35.9 Å². The van der Waals surface area contributed by atoms with E-state index in [2.05, 4.69) is 17.4 Å². The Hall–Kier alpha value is -1.35. The molecule has 1 fully saturated rings. The van der Waals surface area contributed by atoms with Crippen LogP contribution in [-0.2, 0) is 11.2 Å². The molecule has 2 atom stereocenters. The Morgan fingerprint density at radius 3 is 2.67 bits per heavy atom. The fourth-order valence-corrected chi connectivity index (χ4v) is 2.72. The third-order valence-corrected chi connectivity index (χ3v) is 3.75. The Bertz CT molecular complexity index is 377. The molecule has 2 rings (SSSR count). The molecule has 0 bridgehead atoms. The van der Waals surface area contributed by atoms with Crippen molar-refractivity contribution in [2.75, 3.05) is 6.54 Å². The van der Waals surface area contributed by atoms with Crippen molar-refractivity contribution in [2.45, 2.75) is 38.1 Å². The molecule has 0 heterocycles. The number of nitrogens with one attached hydrogen (secondary N) is 1. The summed E-state index contributed by atoms with van der Waals surface area (Å²) < 4.78 is 0. The number of aliphatic carboxylic acids is 1. The predicted octanol–water partition coefficient (Wildman–Crippen LogP) is 2.46. The fraction of sp³-hybridized carbons (Fsp3) is 0.533. The molecule has 3 nitrogen and oxygen atoms in total. The van der Waals surface area contributed by atoms with E-state index in [4.69, 9.17) is 0 Å². The topological polar surface area (TPSA) is 49.3 Å². The first-order chi connectivity index (χ1) is 8.77. The number of carboxylic acid groups (broad SMARTS) is 1. The van der Waals surface area contributed by atoms with E-state index >= 15 is 0 Å². The van der Waals surface area contributed by atoms with Gasteiger partial charge in [-0.3, -0.25) is 4.79 Å². The van der Waals surface area contributed by atoms with Gasteiger partial charge in [0.05, 0.1) is 5.92 Å². The molecule has 0 spiro atoms. The van der Waals surface area contributed by atoms with E-state index in [0.717, 1.165) is 38.6 Å². The maximum absolute atomic E-state index is 11.2. The summed E-state index contributed by atoms with van der Waals surface area (Å²) in [6, 6.07) is 10.5. The molecule has 18 heavy (non-hydrogen) atoms. The molecule has 1 unspecified atom stereocenters. The molecule has 0 amide bonds. The van der Waals surface area contributed by atoms with Crippen LogP contribution in [0.5, 0.6) is 0 Å². The third-order valence-electron chi connectivity index (χ3n) is 3.75. The van der Waals surface area contributed by atoms with Gasteiger partial charge in [0.25, 0.3) is 0 Å². The van der Waals surface area contributed by atoms with Crippen molar-refractivity contribution in [3.63, 3.8) is 0 Å². The molecule has 1 aromatic carbocycles. The standard InChI is InChI=1S/C15H21NO2/c17-15(18)13-8-4-5-9-14(13)16-11-10-12-6-2-1-3-7-12/h1-3,6-7,13-14,16H,4-5,8-11H2,(H,17,18)/t13?,14-/m1/s1. The van der Waals surface area contributed by atoms with Crippen LogP contribution in [0.25, 0.3) is 0 Å². The van der Waals surface area contributed by atoms with Crippen LogP contribution in [0.3, 0.4) is 0 Å². The smallest absolute Gasteiger partial charge is 0.308 e. The second-order valence-corrected chi connectivity index (χ2v) is 5.03. The molecule has 0 radical (unpaired) electrons. The Balaban J connectivity index is 1.79. The maximum Gasteiger partial charge on any atom is 0.308 e. The van der Waals surface area contributed by atoms with Gasteiger partial charge in [-0.2, -0.15) is 0 Å². The Kier molecular flexibility index (Phi) is 4.76. The van der Waals surface area contributed by atoms with E-state index < -0.39 is 5.97 Å². The van der Waals surface area contributed by atoms with Crippen LogP contribution in [0.15, 0.2) is 30.3 Å². The zero-order valence-electron chi connectivity index (χ0n) is 10.6. The molecular formula is C15H21NO2. The first-order valence-corrected chi connectivity index (χ1v) is 6.77. The van der Waals surface area contributed by atoms with Gasteiger partial charge >= 0.3 is 5.97 Å². The second-order valence-electron chi connectivity index (χ2n) is 5.03. The zero-order valence-corrected chi connectivity index (χ0v) is 10.6. The van der Waals surface area contributed by atoms with Gasteiger partial charge in [0.2, 0.25) is 0 Å². The summed E-state index contributed by atoms with van der Waals surface area (Å²) in [5, 5.41) is 12.6. The molecular weight excluding hydrogens is 226 g/mol. The van der Waals surface area contributed by atoms with Crippen LogP contribution >= 0.6 is 0 Å². The van der Waals surface area contributed by atoms with Crippen LogP contribution in [0.4, 0.5) is 0 Å². The molecule has 0 saturated heterocycles. The van der Waals surface area contributed by atoms with Gasteiger partial charge in [0.1, 0.15) is 0 Å². The van der Waals surface area contributed by atoms with E-state index in [0.29, 0.717) is 0 Å². The number of hydrogen-bond acceptors (Lipinski definition) is 2. The maximum atomic E-state index is 11.2. The van der Waals surface area contributed by atoms with Gasteiger partial charge in [-0.05, 0) is 31.4 Å². The summed E-state index contributed by atoms with van der Waals surface area (Å²) in [6.07, 6.45) is 4.97. The highest BCUT2D eigenvalue weighted by molar-refractivity contribution is 5.71. The minimum Gasteiger partial charge on any atom is -0.481 e. The normalized spacial score (nSPS) is 23.8. The van der Waals surface area contributed by atoms with Crippen LogP contribution in [0.1, 0.15) is 31.2 Å². The van der Waals surface area contributed by atoms with Gasteiger partial charge in [0.15, 0.2) is 0 Å². The minimum absolute atomic E-state index is 0.153. The summed E-state index contributed by atoms with van der Waals surface area (Å²) in [5.74, 6) is -0.846. The molecule has 0 aliphatic heterocycles. The average Bonchev–Trinajstić information content (AvgIpc) is 2.40. The highest BCUT2D eigenvalue weighted by Crippen LogP contribution is 2.24. The van der Waals surface area contributed by atoms with Crippen molar-refractivity contribution in [1.29, 1.82) is 0 Å². The quantitative estimate of drug-likeness (QED) is 0.840. The first-order valence-electron chi connectivity index (χ1n) is 6.77. The largest absolute Gasteiger partial charge is 0.481 e. The van der Waals surface area contributed by atoms with E-state index in [-0.39, 0.29) is 12.0 Å². The van der Waals surface area contributed by atoms with Crippen molar-refractivity contribution >= 4 is 5.97 Å². The first kappa shape index (κ1) is 13.1. The SMILES string of the molecule is O=C(O)C1CCCC[C@H]1NCCc1ccccc1. The zero-order chi connectivity index (χ0) is 12.8. The summed E-state index contributed by atoms with van der Waals surface area (Å²) >= 11 is 0. The van der Waals surface area contributed by atoms with Crippen molar-refractivity contribution in [2.24, 2.45) is 5.92 Å². The molecule has 2 N–H and O–H groups in total. The Labute approximate surface area is 108 Å². The molecule has 1 aliphatic carbocycles. The highest BCUT2D eigenvalue weighted by atomic mass is 16.4. The molecule has 3 heteroatoms. The summed E-state index contributed by atoms with van der Waals surface area (Å²) in [5.41, 5.74) is 1.30. The monoisotopic (exact) mass is 247 g/mol. The number of carbonyl (C=O) groups is 1. The van der Waals surface area contributed by atoms with E-state index in [1.165, 1.54) is 5.56 Å². The lowest BCUT2D eigenvalue weighted by Crippen LogP contribution is -2.43. The lowest BCUT2D eigenvalue weighted by Gasteiger charge is -2.29. The molecule has 1 saturated carbocycles. The van der Waals surface area contributed by atoms with Crippen LogP contribution in [0, 0.1) is 5.92 Å². The Morgan fingerprint density at radius 1 is 1.22 bits per heavy atom. The van der Waals surface area contributed by atoms with Crippen molar-refractivity contribution < 1.29 is 9.90 Å². The van der Waals surface area contributed by atoms with E-state index in [9.17, 15) is 9.90 Å². The predicted molar refractivity (Wildman–Crippen MR) is 71.5 cm³/mol. The van der Waals surface area contributed by atoms with Crippen molar-refractivity contribution in [3.8, 4) is 0 Å². The van der Waals surface area contributed by atoms with Gasteiger partial charge in [0, 0.05) is 6.04 Å². The average molecular weight is 247 g/mol. The lowest BCUT2D eigenvalue weighted by molar-refractivity contribution is -0.143. The van der Waals surface area contributed by atoms with E-state index in [1.54, 1.807) is 0 Å². The molecule has 1 aromatic rings. The number of benzene rings is 1. The van der Waals surface area contributed by atoms with Crippen LogP contribution in [-0.4, -0.2) is 23.7 Å². The molecule has 1 aliphatic rings. The summed E-state index contributed by atoms with van der Waals surface area (Å²) in [7, 11) is 0. The summed E-state index contributed by atoms with van der Waals surface area (Å²) in [4.78, 5) is 11.2. The van der Waals surface area contributed by atoms with Gasteiger partial charge in [-0.15, -0.1) is 0 Å². The lowest BCUT2D eigenvalue weighted by atomic mass is 9.84. The van der Waals surface area contributed by atoms with Gasteiger partial charge in [-0.25, -0.2) is 0 Å². The van der Waals surface area contributed by atoms with Crippen LogP contribution in [0.2, 0.25) is 0 Å². The molecule has 98 valence electrons.